The van der Waals surface area contributed by atoms with E-state index in [-0.39, 0.29) is 11.0 Å². The van der Waals surface area contributed by atoms with Gasteiger partial charge in [0.25, 0.3) is 0 Å². The third-order valence-electron chi connectivity index (χ3n) is 5.84. The van der Waals surface area contributed by atoms with Gasteiger partial charge in [-0.2, -0.15) is 0 Å². The number of hydrogen-bond donors (Lipinski definition) is 0. The average Bonchev–Trinajstić information content (AvgIpc) is 2.60. The SMILES string of the molecule is CCOC(=O)c1ccc(N2CCC(CO[Si](C)(C)C(C)(C)C)CC2)cc1. The predicted molar refractivity (Wildman–Crippen MR) is 110 cm³/mol. The molecule has 1 fully saturated rings. The van der Waals surface area contributed by atoms with E-state index in [1.165, 1.54) is 5.69 Å². The molecule has 0 unspecified atom stereocenters. The summed E-state index contributed by atoms with van der Waals surface area (Å²) >= 11 is 0. The molecule has 0 spiro atoms. The fourth-order valence-corrected chi connectivity index (χ4v) is 4.01. The first-order valence-corrected chi connectivity index (χ1v) is 12.7. The van der Waals surface area contributed by atoms with Gasteiger partial charge in [-0.25, -0.2) is 4.79 Å². The Bertz CT molecular complexity index is 584. The van der Waals surface area contributed by atoms with Crippen LogP contribution in [0.3, 0.4) is 0 Å². The van der Waals surface area contributed by atoms with Crippen LogP contribution in [0.1, 0.15) is 50.9 Å². The number of carbonyl (C=O) groups excluding carboxylic acids is 1. The van der Waals surface area contributed by atoms with Gasteiger partial charge in [-0.3, -0.25) is 0 Å². The second kappa shape index (κ2) is 8.57. The first-order valence-electron chi connectivity index (χ1n) is 9.80. The van der Waals surface area contributed by atoms with E-state index in [2.05, 4.69) is 38.8 Å². The minimum Gasteiger partial charge on any atom is -0.462 e. The number of hydrogen-bond acceptors (Lipinski definition) is 4. The lowest BCUT2D eigenvalue weighted by Crippen LogP contribution is -2.43. The van der Waals surface area contributed by atoms with Gasteiger partial charge in [0.1, 0.15) is 0 Å². The summed E-state index contributed by atoms with van der Waals surface area (Å²) in [5, 5.41) is 0.272. The smallest absolute Gasteiger partial charge is 0.338 e. The van der Waals surface area contributed by atoms with Gasteiger partial charge in [0.15, 0.2) is 8.32 Å². The maximum absolute atomic E-state index is 11.8. The van der Waals surface area contributed by atoms with Crippen LogP contribution < -0.4 is 4.90 Å². The van der Waals surface area contributed by atoms with Gasteiger partial charge < -0.3 is 14.1 Å². The topological polar surface area (TPSA) is 38.8 Å². The lowest BCUT2D eigenvalue weighted by atomic mass is 9.97. The quantitative estimate of drug-likeness (QED) is 0.510. The standard InChI is InChI=1S/C21H35NO3Si/c1-7-24-20(23)18-8-10-19(11-9-18)22-14-12-17(13-15-22)16-25-26(5,6)21(2,3)4/h8-11,17H,7,12-16H2,1-6H3. The molecule has 1 heterocycles. The number of piperidine rings is 1. The van der Waals surface area contributed by atoms with Gasteiger partial charge >= 0.3 is 5.97 Å². The molecule has 146 valence electrons. The summed E-state index contributed by atoms with van der Waals surface area (Å²) in [6.07, 6.45) is 2.32. The summed E-state index contributed by atoms with van der Waals surface area (Å²) in [4.78, 5) is 14.2. The molecule has 0 aromatic heterocycles. The zero-order valence-corrected chi connectivity index (χ0v) is 18.3. The summed E-state index contributed by atoms with van der Waals surface area (Å²) < 4.78 is 11.5. The second-order valence-corrected chi connectivity index (χ2v) is 13.6. The van der Waals surface area contributed by atoms with E-state index < -0.39 is 8.32 Å². The van der Waals surface area contributed by atoms with Crippen LogP contribution in [0.25, 0.3) is 0 Å². The predicted octanol–water partition coefficient (Wildman–Crippen LogP) is 5.10. The molecule has 0 saturated carbocycles. The zero-order valence-electron chi connectivity index (χ0n) is 17.3. The summed E-state index contributed by atoms with van der Waals surface area (Å²) in [6, 6.07) is 7.78. The van der Waals surface area contributed by atoms with Gasteiger partial charge in [0.05, 0.1) is 12.2 Å². The molecule has 0 aliphatic carbocycles. The van der Waals surface area contributed by atoms with Gasteiger partial charge in [-0.05, 0) is 68.1 Å². The monoisotopic (exact) mass is 377 g/mol. The Labute approximate surface area is 160 Å². The highest BCUT2D eigenvalue weighted by Crippen LogP contribution is 2.37. The van der Waals surface area contributed by atoms with Crippen LogP contribution in [-0.4, -0.2) is 40.6 Å². The molecule has 0 radical (unpaired) electrons. The van der Waals surface area contributed by atoms with E-state index in [1.807, 2.05) is 31.2 Å². The third-order valence-corrected chi connectivity index (χ3v) is 10.3. The van der Waals surface area contributed by atoms with E-state index in [1.54, 1.807) is 0 Å². The first-order chi connectivity index (χ1) is 12.1. The van der Waals surface area contributed by atoms with Crippen LogP contribution in [0.5, 0.6) is 0 Å². The Hall–Kier alpha value is -1.33. The van der Waals surface area contributed by atoms with Crippen molar-refractivity contribution in [3.05, 3.63) is 29.8 Å². The maximum Gasteiger partial charge on any atom is 0.338 e. The fourth-order valence-electron chi connectivity index (χ4n) is 2.92. The van der Waals surface area contributed by atoms with Gasteiger partial charge in [0.2, 0.25) is 0 Å². The number of esters is 1. The number of nitrogens with zero attached hydrogens (tertiary/aromatic N) is 1. The molecule has 1 saturated heterocycles. The fraction of sp³-hybridized carbons (Fsp3) is 0.667. The molecule has 4 nitrogen and oxygen atoms in total. The Morgan fingerprint density at radius 1 is 1.15 bits per heavy atom. The minimum atomic E-state index is -1.65. The van der Waals surface area contributed by atoms with Crippen LogP contribution in [0, 0.1) is 5.92 Å². The van der Waals surface area contributed by atoms with E-state index >= 15 is 0 Å². The molecule has 1 aliphatic rings. The Kier molecular flexibility index (Phi) is 6.91. The molecule has 1 aliphatic heterocycles. The first kappa shape index (κ1) is 21.0. The number of carbonyl (C=O) groups is 1. The summed E-state index contributed by atoms with van der Waals surface area (Å²) in [7, 11) is -1.65. The van der Waals surface area contributed by atoms with Gasteiger partial charge in [-0.1, -0.05) is 20.8 Å². The summed E-state index contributed by atoms with van der Waals surface area (Å²) in [5.41, 5.74) is 1.80. The highest BCUT2D eigenvalue weighted by molar-refractivity contribution is 6.74. The van der Waals surface area contributed by atoms with Gasteiger partial charge in [-0.15, -0.1) is 0 Å². The van der Waals surface area contributed by atoms with Crippen LogP contribution >= 0.6 is 0 Å². The van der Waals surface area contributed by atoms with E-state index in [0.29, 0.717) is 18.1 Å². The molecular formula is C21H35NO3Si. The molecule has 0 amide bonds. The lowest BCUT2D eigenvalue weighted by molar-refractivity contribution is 0.0526. The van der Waals surface area contributed by atoms with Crippen molar-refractivity contribution in [2.24, 2.45) is 5.92 Å². The highest BCUT2D eigenvalue weighted by Gasteiger charge is 2.37. The van der Waals surface area contributed by atoms with E-state index in [0.717, 1.165) is 32.5 Å². The van der Waals surface area contributed by atoms with Crippen LogP contribution in [0.15, 0.2) is 24.3 Å². The summed E-state index contributed by atoms with van der Waals surface area (Å²) in [6.45, 7) is 16.8. The highest BCUT2D eigenvalue weighted by atomic mass is 28.4. The van der Waals surface area contributed by atoms with Crippen molar-refractivity contribution in [2.75, 3.05) is 31.2 Å². The van der Waals surface area contributed by atoms with Crippen molar-refractivity contribution >= 4 is 20.0 Å². The molecule has 2 rings (SSSR count). The molecule has 5 heteroatoms. The average molecular weight is 378 g/mol. The van der Waals surface area contributed by atoms with Crippen LogP contribution in [0.4, 0.5) is 5.69 Å². The van der Waals surface area contributed by atoms with Crippen LogP contribution in [0.2, 0.25) is 18.1 Å². The van der Waals surface area contributed by atoms with Crippen molar-refractivity contribution in [1.29, 1.82) is 0 Å². The molecule has 1 aromatic carbocycles. The molecule has 0 N–H and O–H groups in total. The van der Waals surface area contributed by atoms with Crippen molar-refractivity contribution in [3.63, 3.8) is 0 Å². The van der Waals surface area contributed by atoms with Crippen LogP contribution in [-0.2, 0) is 9.16 Å². The second-order valence-electron chi connectivity index (χ2n) is 8.77. The largest absolute Gasteiger partial charge is 0.462 e. The molecule has 1 aromatic rings. The Balaban J connectivity index is 1.84. The normalized spacial score (nSPS) is 16.6. The van der Waals surface area contributed by atoms with Crippen molar-refractivity contribution in [3.8, 4) is 0 Å². The third kappa shape index (κ3) is 5.33. The zero-order chi connectivity index (χ0) is 19.4. The van der Waals surface area contributed by atoms with E-state index in [4.69, 9.17) is 9.16 Å². The molecule has 0 bridgehead atoms. The summed E-state index contributed by atoms with van der Waals surface area (Å²) in [5.74, 6) is 0.403. The number of rotatable bonds is 6. The number of anilines is 1. The number of ether oxygens (including phenoxy) is 1. The molecule has 26 heavy (non-hydrogen) atoms. The number of benzene rings is 1. The maximum atomic E-state index is 11.8. The Morgan fingerprint density at radius 3 is 2.23 bits per heavy atom. The molecule has 0 atom stereocenters. The van der Waals surface area contributed by atoms with Crippen molar-refractivity contribution in [2.45, 2.75) is 58.7 Å². The van der Waals surface area contributed by atoms with Crippen molar-refractivity contribution in [1.82, 2.24) is 0 Å². The van der Waals surface area contributed by atoms with Gasteiger partial charge in [0, 0.05) is 25.4 Å². The molecular weight excluding hydrogens is 342 g/mol. The Morgan fingerprint density at radius 2 is 1.73 bits per heavy atom. The van der Waals surface area contributed by atoms with E-state index in [9.17, 15) is 4.79 Å². The lowest BCUT2D eigenvalue weighted by Gasteiger charge is -2.39. The minimum absolute atomic E-state index is 0.250. The van der Waals surface area contributed by atoms with Crippen molar-refractivity contribution < 1.29 is 14.0 Å².